The first-order valence-corrected chi connectivity index (χ1v) is 14.7. The van der Waals surface area contributed by atoms with Gasteiger partial charge in [0.1, 0.15) is 16.4 Å². The average Bonchev–Trinajstić information content (AvgIpc) is 3.49. The Morgan fingerprint density at radius 2 is 2.00 bits per heavy atom. The highest BCUT2D eigenvalue weighted by Gasteiger charge is 2.34. The lowest BCUT2D eigenvalue weighted by atomic mass is 9.98. The van der Waals surface area contributed by atoms with Crippen molar-refractivity contribution in [1.29, 1.82) is 0 Å². The number of carboxylic acid groups (broad SMARTS) is 1. The molecular weight excluding hydrogens is 601 g/mol. The minimum absolute atomic E-state index is 0.0108. The predicted octanol–water partition coefficient (Wildman–Crippen LogP) is 4.67. The molecule has 0 bridgehead atoms. The minimum Gasteiger partial charge on any atom is -0.477 e. The first-order chi connectivity index (χ1) is 21.0. The topological polar surface area (TPSA) is 150 Å². The number of fused-ring (bicyclic) bond motifs is 1. The lowest BCUT2D eigenvalue weighted by molar-refractivity contribution is -0.140. The number of thiazole rings is 1. The molecule has 1 fully saturated rings. The number of aromatic carboxylic acids is 1. The maximum atomic E-state index is 13.4. The average molecular weight is 631 g/mol. The number of likely N-dealkylation sites (tertiary alicyclic amines) is 1. The van der Waals surface area contributed by atoms with E-state index in [0.717, 1.165) is 36.1 Å². The van der Waals surface area contributed by atoms with Crippen LogP contribution in [0, 0.1) is 0 Å². The van der Waals surface area contributed by atoms with Gasteiger partial charge in [0.2, 0.25) is 5.43 Å². The lowest BCUT2D eigenvalue weighted by Gasteiger charge is -2.34. The maximum Gasteiger partial charge on any atom is 0.434 e. The van der Waals surface area contributed by atoms with E-state index >= 15 is 0 Å². The molecule has 1 aliphatic heterocycles. The third kappa shape index (κ3) is 6.44. The smallest absolute Gasteiger partial charge is 0.434 e. The van der Waals surface area contributed by atoms with Gasteiger partial charge in [-0.05, 0) is 50.1 Å². The molecule has 1 saturated heterocycles. The van der Waals surface area contributed by atoms with Gasteiger partial charge in [0.15, 0.2) is 5.69 Å². The van der Waals surface area contributed by atoms with Crippen LogP contribution in [0.25, 0.3) is 32.6 Å². The molecule has 44 heavy (non-hydrogen) atoms. The Hall–Kier alpha value is -4.34. The predicted molar refractivity (Wildman–Crippen MR) is 159 cm³/mol. The zero-order valence-electron chi connectivity index (χ0n) is 23.5. The zero-order chi connectivity index (χ0) is 31.6. The van der Waals surface area contributed by atoms with E-state index in [4.69, 9.17) is 0 Å². The number of hydrogen-bond acceptors (Lipinski definition) is 8. The zero-order valence-corrected chi connectivity index (χ0v) is 24.3. The minimum atomic E-state index is -4.67. The molecule has 0 radical (unpaired) electrons. The number of alkyl halides is 3. The number of carboxylic acids is 1. The van der Waals surface area contributed by atoms with Crippen molar-refractivity contribution >= 4 is 40.1 Å². The number of benzene rings is 1. The van der Waals surface area contributed by atoms with Crippen LogP contribution < -0.4 is 16.1 Å². The number of halogens is 3. The second kappa shape index (κ2) is 12.7. The first kappa shape index (κ1) is 31.1. The molecule has 1 aromatic carbocycles. The summed E-state index contributed by atoms with van der Waals surface area (Å²) in [5.74, 6) is -1.32. The Labute approximate surface area is 253 Å². The van der Waals surface area contributed by atoms with Crippen LogP contribution in [0.15, 0.2) is 46.8 Å². The van der Waals surface area contributed by atoms with Crippen molar-refractivity contribution in [2.24, 2.45) is 0 Å². The van der Waals surface area contributed by atoms with Crippen molar-refractivity contribution in [3.63, 3.8) is 0 Å². The molecular formula is C29H29F3N6O5S. The number of aliphatic hydroxyl groups excluding tert-OH is 1. The van der Waals surface area contributed by atoms with Gasteiger partial charge in [-0.25, -0.2) is 19.6 Å². The van der Waals surface area contributed by atoms with Crippen molar-refractivity contribution in [2.75, 3.05) is 38.1 Å². The summed E-state index contributed by atoms with van der Waals surface area (Å²) < 4.78 is 42.0. The molecule has 4 N–H and O–H groups in total. The van der Waals surface area contributed by atoms with Gasteiger partial charge in [0.05, 0.1) is 12.1 Å². The number of hydrogen-bond donors (Lipinski definition) is 4. The monoisotopic (exact) mass is 630 g/mol. The van der Waals surface area contributed by atoms with E-state index in [1.807, 2.05) is 0 Å². The van der Waals surface area contributed by atoms with Crippen molar-refractivity contribution in [1.82, 2.24) is 24.8 Å². The fourth-order valence-electron chi connectivity index (χ4n) is 5.36. The fourth-order valence-corrected chi connectivity index (χ4v) is 6.22. The summed E-state index contributed by atoms with van der Waals surface area (Å²) in [6.07, 6.45) is -0.404. The summed E-state index contributed by atoms with van der Waals surface area (Å²) in [4.78, 5) is 47.8. The van der Waals surface area contributed by atoms with Crippen LogP contribution in [-0.2, 0) is 6.18 Å². The molecule has 0 saturated carbocycles. The van der Waals surface area contributed by atoms with Crippen molar-refractivity contribution in [2.45, 2.75) is 32.0 Å². The van der Waals surface area contributed by atoms with Gasteiger partial charge in [-0.15, -0.1) is 11.3 Å². The molecule has 0 unspecified atom stereocenters. The summed E-state index contributed by atoms with van der Waals surface area (Å²) in [5, 5.41) is 25.4. The standard InChI is InChI=1S/C29H29F3N6O5S/c1-2-33-28(43)36-24-11-18(26-35-23(15-44-26)29(30,31)32)20(12-34-24)16-5-6-22-19(10-16)25(40)21(27(41)42)14-38(22)17-4-3-7-37(13-17)8-9-39/h5-6,10-12,14-15,17,39H,2-4,7-9,13H2,1H3,(H,41,42)(H2,33,34,36,43)/t17-/m0/s1. The number of rotatable bonds is 8. The van der Waals surface area contributed by atoms with Gasteiger partial charge in [0.25, 0.3) is 0 Å². The van der Waals surface area contributed by atoms with Crippen LogP contribution in [0.1, 0.15) is 41.9 Å². The Bertz CT molecular complexity index is 1770. The van der Waals surface area contributed by atoms with Crippen LogP contribution in [-0.4, -0.2) is 74.4 Å². The van der Waals surface area contributed by atoms with Gasteiger partial charge in [0, 0.05) is 60.0 Å². The number of aliphatic hydroxyl groups is 1. The third-order valence-electron chi connectivity index (χ3n) is 7.37. The summed E-state index contributed by atoms with van der Waals surface area (Å²) in [6, 6.07) is 5.55. The van der Waals surface area contributed by atoms with Crippen molar-refractivity contribution in [3.8, 4) is 21.7 Å². The van der Waals surface area contributed by atoms with Gasteiger partial charge >= 0.3 is 18.2 Å². The SMILES string of the molecule is CCNC(=O)Nc1cc(-c2nc(C(F)(F)F)cs2)c(-c2ccc3c(c2)c(=O)c(C(=O)O)cn3[C@H]2CCCN(CCO)C2)cn1. The van der Waals surface area contributed by atoms with Crippen LogP contribution in [0.2, 0.25) is 0 Å². The number of piperidine rings is 1. The maximum absolute atomic E-state index is 13.4. The number of pyridine rings is 2. The van der Waals surface area contributed by atoms with E-state index in [0.29, 0.717) is 36.3 Å². The molecule has 3 aromatic heterocycles. The van der Waals surface area contributed by atoms with Gasteiger partial charge in [-0.3, -0.25) is 15.0 Å². The third-order valence-corrected chi connectivity index (χ3v) is 8.25. The second-order valence-electron chi connectivity index (χ2n) is 10.3. The number of nitrogens with zero attached hydrogens (tertiary/aromatic N) is 4. The number of amides is 2. The number of carbonyl (C=O) groups is 2. The number of nitrogens with one attached hydrogen (secondary N) is 2. The van der Waals surface area contributed by atoms with Crippen LogP contribution >= 0.6 is 11.3 Å². The number of urea groups is 1. The Morgan fingerprint density at radius 1 is 1.20 bits per heavy atom. The normalized spacial score (nSPS) is 15.8. The number of carbonyl (C=O) groups excluding carboxylic acids is 1. The summed E-state index contributed by atoms with van der Waals surface area (Å²) in [7, 11) is 0. The molecule has 4 aromatic rings. The van der Waals surface area contributed by atoms with Crippen LogP contribution in [0.3, 0.4) is 0 Å². The summed E-state index contributed by atoms with van der Waals surface area (Å²) in [6.45, 7) is 3.86. The summed E-state index contributed by atoms with van der Waals surface area (Å²) in [5.41, 5.74) is -0.742. The molecule has 11 nitrogen and oxygen atoms in total. The number of aromatic nitrogens is 3. The highest BCUT2D eigenvalue weighted by molar-refractivity contribution is 7.13. The molecule has 4 heterocycles. The second-order valence-corrected chi connectivity index (χ2v) is 11.1. The molecule has 2 amide bonds. The Morgan fingerprint density at radius 3 is 2.68 bits per heavy atom. The van der Waals surface area contributed by atoms with Crippen molar-refractivity contribution in [3.05, 3.63) is 63.5 Å². The molecule has 15 heteroatoms. The molecule has 232 valence electrons. The molecule has 1 aliphatic rings. The van der Waals surface area contributed by atoms with E-state index in [2.05, 4.69) is 25.5 Å². The van der Waals surface area contributed by atoms with E-state index in [1.54, 1.807) is 23.6 Å². The molecule has 1 atom stereocenters. The molecule has 5 rings (SSSR count). The largest absolute Gasteiger partial charge is 0.477 e. The Balaban J connectivity index is 1.66. The van der Waals surface area contributed by atoms with Crippen LogP contribution in [0.4, 0.5) is 23.8 Å². The van der Waals surface area contributed by atoms with E-state index in [-0.39, 0.29) is 34.4 Å². The fraction of sp³-hybridized carbons (Fsp3) is 0.345. The van der Waals surface area contributed by atoms with Gasteiger partial charge < -0.3 is 20.1 Å². The lowest BCUT2D eigenvalue weighted by Crippen LogP contribution is -2.38. The van der Waals surface area contributed by atoms with Crippen molar-refractivity contribution < 1.29 is 33.0 Å². The molecule has 0 aliphatic carbocycles. The number of anilines is 1. The first-order valence-electron chi connectivity index (χ1n) is 13.8. The van der Waals surface area contributed by atoms with E-state index < -0.39 is 34.9 Å². The summed E-state index contributed by atoms with van der Waals surface area (Å²) >= 11 is 0.761. The van der Waals surface area contributed by atoms with Gasteiger partial charge in [-0.2, -0.15) is 13.2 Å². The highest BCUT2D eigenvalue weighted by Crippen LogP contribution is 2.39. The highest BCUT2D eigenvalue weighted by atomic mass is 32.1. The van der Waals surface area contributed by atoms with Crippen LogP contribution in [0.5, 0.6) is 0 Å². The van der Waals surface area contributed by atoms with Gasteiger partial charge in [-0.1, -0.05) is 6.07 Å². The quantitative estimate of drug-likeness (QED) is 0.219. The van der Waals surface area contributed by atoms with E-state index in [1.165, 1.54) is 24.5 Å². The Kier molecular flexibility index (Phi) is 8.99. The van der Waals surface area contributed by atoms with E-state index in [9.17, 15) is 37.8 Å². The molecule has 0 spiro atoms. The number of β-amino-alcohol motifs (C(OH)–C–C–N with tert-alkyl or cyclic N) is 1.